The number of aromatic amines is 1. The molecule has 1 aliphatic heterocycles. The lowest BCUT2D eigenvalue weighted by atomic mass is 10.2. The van der Waals surface area contributed by atoms with Crippen LogP contribution in [0.1, 0.15) is 0 Å². The lowest BCUT2D eigenvalue weighted by Crippen LogP contribution is -2.36. The van der Waals surface area contributed by atoms with Crippen LogP contribution in [0.25, 0.3) is 17.0 Å². The largest absolute Gasteiger partial charge is 0.382 e. The number of fused-ring (bicyclic) bond motifs is 1. The van der Waals surface area contributed by atoms with E-state index in [1.165, 1.54) is 10.8 Å². The predicted molar refractivity (Wildman–Crippen MR) is 86.9 cm³/mol. The highest BCUT2D eigenvalue weighted by Gasteiger charge is 2.14. The summed E-state index contributed by atoms with van der Waals surface area (Å²) in [4.78, 5) is 25.4. The molecule has 1 fully saturated rings. The van der Waals surface area contributed by atoms with E-state index in [0.717, 1.165) is 37.7 Å². The van der Waals surface area contributed by atoms with Gasteiger partial charge in [0.05, 0.1) is 25.1 Å². The van der Waals surface area contributed by atoms with Crippen LogP contribution in [0.2, 0.25) is 0 Å². The van der Waals surface area contributed by atoms with Crippen molar-refractivity contribution in [2.24, 2.45) is 0 Å². The Morgan fingerprint density at radius 2 is 1.83 bits per heavy atom. The molecule has 3 heterocycles. The predicted octanol–water partition coefficient (Wildman–Crippen LogP) is 0.528. The zero-order chi connectivity index (χ0) is 15.8. The van der Waals surface area contributed by atoms with Crippen LogP contribution in [0, 0.1) is 0 Å². The zero-order valence-electron chi connectivity index (χ0n) is 12.4. The van der Waals surface area contributed by atoms with Crippen LogP contribution in [0.5, 0.6) is 0 Å². The summed E-state index contributed by atoms with van der Waals surface area (Å²) in [5.74, 6) is 0.272. The average molecular weight is 312 g/mol. The van der Waals surface area contributed by atoms with E-state index < -0.39 is 0 Å². The second kappa shape index (κ2) is 5.40. The van der Waals surface area contributed by atoms with Crippen molar-refractivity contribution in [1.82, 2.24) is 19.5 Å². The van der Waals surface area contributed by atoms with Crippen molar-refractivity contribution >= 4 is 22.8 Å². The van der Waals surface area contributed by atoms with Crippen LogP contribution in [0.4, 0.5) is 11.5 Å². The number of rotatable bonds is 2. The minimum absolute atomic E-state index is 0.272. The first-order valence-corrected chi connectivity index (χ1v) is 7.39. The molecule has 0 bridgehead atoms. The van der Waals surface area contributed by atoms with Gasteiger partial charge in [0.25, 0.3) is 0 Å². The van der Waals surface area contributed by atoms with Crippen molar-refractivity contribution in [1.29, 1.82) is 0 Å². The maximum absolute atomic E-state index is 12.2. The van der Waals surface area contributed by atoms with Crippen molar-refractivity contribution in [2.75, 3.05) is 36.9 Å². The molecule has 118 valence electrons. The molecule has 1 aromatic carbocycles. The van der Waals surface area contributed by atoms with Crippen molar-refractivity contribution < 1.29 is 4.74 Å². The molecule has 2 aromatic heterocycles. The Morgan fingerprint density at radius 1 is 1.13 bits per heavy atom. The van der Waals surface area contributed by atoms with Gasteiger partial charge >= 0.3 is 5.69 Å². The summed E-state index contributed by atoms with van der Waals surface area (Å²) in [7, 11) is 0. The van der Waals surface area contributed by atoms with Gasteiger partial charge in [0.1, 0.15) is 5.82 Å². The lowest BCUT2D eigenvalue weighted by Gasteiger charge is -2.28. The number of nitrogens with two attached hydrogens (primary N) is 1. The lowest BCUT2D eigenvalue weighted by molar-refractivity contribution is 0.122. The third-order valence-electron chi connectivity index (χ3n) is 3.90. The second-order valence-corrected chi connectivity index (χ2v) is 5.35. The number of imidazole rings is 1. The number of hydrogen-bond donors (Lipinski definition) is 2. The maximum Gasteiger partial charge on any atom is 0.333 e. The Labute approximate surface area is 131 Å². The Morgan fingerprint density at radius 3 is 2.57 bits per heavy atom. The van der Waals surface area contributed by atoms with E-state index in [1.807, 2.05) is 24.3 Å². The minimum atomic E-state index is -0.287. The standard InChI is InChI=1S/C15H16N6O2/c16-12-9-17-14-13(18-12)19-15(22)21(14)11-3-1-10(2-4-11)20-5-7-23-8-6-20/h1-4,9H,5-8H2,(H3,16,18,19,22). The molecule has 3 aromatic rings. The van der Waals surface area contributed by atoms with Crippen LogP contribution in [0.15, 0.2) is 35.3 Å². The molecule has 8 nitrogen and oxygen atoms in total. The smallest absolute Gasteiger partial charge is 0.333 e. The summed E-state index contributed by atoms with van der Waals surface area (Å²) in [6.07, 6.45) is 1.44. The number of ether oxygens (including phenoxy) is 1. The van der Waals surface area contributed by atoms with Gasteiger partial charge in [-0.1, -0.05) is 0 Å². The zero-order valence-corrected chi connectivity index (χ0v) is 12.4. The van der Waals surface area contributed by atoms with Gasteiger partial charge in [-0.15, -0.1) is 0 Å². The number of nitrogens with zero attached hydrogens (tertiary/aromatic N) is 4. The highest BCUT2D eigenvalue weighted by atomic mass is 16.5. The summed E-state index contributed by atoms with van der Waals surface area (Å²) in [6, 6.07) is 7.79. The van der Waals surface area contributed by atoms with Gasteiger partial charge in [0.15, 0.2) is 11.3 Å². The van der Waals surface area contributed by atoms with Crippen LogP contribution < -0.4 is 16.3 Å². The molecule has 0 saturated carbocycles. The molecule has 0 amide bonds. The Hall–Kier alpha value is -2.87. The Bertz CT molecular complexity index is 892. The van der Waals surface area contributed by atoms with E-state index in [0.29, 0.717) is 11.3 Å². The first-order chi connectivity index (χ1) is 11.2. The molecular formula is C15H16N6O2. The number of anilines is 2. The first-order valence-electron chi connectivity index (χ1n) is 7.39. The summed E-state index contributed by atoms with van der Waals surface area (Å²) >= 11 is 0. The molecule has 0 unspecified atom stereocenters. The molecular weight excluding hydrogens is 296 g/mol. The molecule has 0 aliphatic carbocycles. The van der Waals surface area contributed by atoms with E-state index in [2.05, 4.69) is 19.9 Å². The minimum Gasteiger partial charge on any atom is -0.382 e. The number of H-pyrrole nitrogens is 1. The molecule has 23 heavy (non-hydrogen) atoms. The summed E-state index contributed by atoms with van der Waals surface area (Å²) in [6.45, 7) is 3.22. The Balaban J connectivity index is 1.73. The number of nitrogen functional groups attached to an aromatic ring is 1. The van der Waals surface area contributed by atoms with Gasteiger partial charge in [-0.25, -0.2) is 19.3 Å². The number of morpholine rings is 1. The summed E-state index contributed by atoms with van der Waals surface area (Å²) < 4.78 is 6.85. The van der Waals surface area contributed by atoms with Gasteiger partial charge in [-0.3, -0.25) is 4.98 Å². The topological polar surface area (TPSA) is 102 Å². The van der Waals surface area contributed by atoms with Crippen LogP contribution in [-0.2, 0) is 4.74 Å². The van der Waals surface area contributed by atoms with E-state index in [9.17, 15) is 4.79 Å². The molecule has 3 N–H and O–H groups in total. The fourth-order valence-corrected chi connectivity index (χ4v) is 2.77. The molecule has 0 radical (unpaired) electrons. The molecule has 0 atom stereocenters. The summed E-state index contributed by atoms with van der Waals surface area (Å²) in [5, 5.41) is 0. The number of aromatic nitrogens is 4. The van der Waals surface area contributed by atoms with E-state index in [1.54, 1.807) is 0 Å². The van der Waals surface area contributed by atoms with Gasteiger partial charge in [-0.05, 0) is 24.3 Å². The highest BCUT2D eigenvalue weighted by Crippen LogP contribution is 2.19. The van der Waals surface area contributed by atoms with Crippen molar-refractivity contribution in [3.8, 4) is 5.69 Å². The highest BCUT2D eigenvalue weighted by molar-refractivity contribution is 5.70. The van der Waals surface area contributed by atoms with E-state index in [4.69, 9.17) is 10.5 Å². The SMILES string of the molecule is Nc1cnc2c(n1)[nH]c(=O)n2-c1ccc(N2CCOCC2)cc1. The van der Waals surface area contributed by atoms with E-state index in [-0.39, 0.29) is 11.5 Å². The first kappa shape index (κ1) is 13.8. The third-order valence-corrected chi connectivity index (χ3v) is 3.90. The molecule has 1 aliphatic rings. The van der Waals surface area contributed by atoms with E-state index >= 15 is 0 Å². The molecule has 4 rings (SSSR count). The maximum atomic E-state index is 12.2. The van der Waals surface area contributed by atoms with Crippen molar-refractivity contribution in [3.63, 3.8) is 0 Å². The summed E-state index contributed by atoms with van der Waals surface area (Å²) in [5.41, 5.74) is 8.00. The van der Waals surface area contributed by atoms with Crippen LogP contribution >= 0.6 is 0 Å². The average Bonchev–Trinajstić information content (AvgIpc) is 2.90. The molecule has 1 saturated heterocycles. The fraction of sp³-hybridized carbons (Fsp3) is 0.267. The molecule has 0 spiro atoms. The molecule has 8 heteroatoms. The second-order valence-electron chi connectivity index (χ2n) is 5.35. The van der Waals surface area contributed by atoms with Crippen LogP contribution in [-0.4, -0.2) is 45.8 Å². The van der Waals surface area contributed by atoms with Crippen molar-refractivity contribution in [3.05, 3.63) is 40.9 Å². The van der Waals surface area contributed by atoms with Crippen molar-refractivity contribution in [2.45, 2.75) is 0 Å². The number of benzene rings is 1. The number of nitrogens with one attached hydrogen (secondary N) is 1. The quantitative estimate of drug-likeness (QED) is 0.715. The monoisotopic (exact) mass is 312 g/mol. The normalized spacial score (nSPS) is 15.2. The van der Waals surface area contributed by atoms with Gasteiger partial charge in [0, 0.05) is 18.8 Å². The fourth-order valence-electron chi connectivity index (χ4n) is 2.77. The third kappa shape index (κ3) is 2.42. The van der Waals surface area contributed by atoms with Gasteiger partial charge in [-0.2, -0.15) is 0 Å². The van der Waals surface area contributed by atoms with Gasteiger partial charge < -0.3 is 15.4 Å². The number of hydrogen-bond acceptors (Lipinski definition) is 6. The van der Waals surface area contributed by atoms with Gasteiger partial charge in [0.2, 0.25) is 0 Å². The van der Waals surface area contributed by atoms with Crippen LogP contribution in [0.3, 0.4) is 0 Å². The Kier molecular flexibility index (Phi) is 3.23.